The van der Waals surface area contributed by atoms with Crippen molar-refractivity contribution in [2.75, 3.05) is 32.0 Å². The normalized spacial score (nSPS) is 19.4. The molecule has 1 aromatic heterocycles. The molecule has 2 rings (SSSR count). The molecule has 1 aliphatic rings. The molecule has 1 atom stereocenters. The van der Waals surface area contributed by atoms with Crippen LogP contribution in [0.2, 0.25) is 5.02 Å². The summed E-state index contributed by atoms with van der Waals surface area (Å²) < 4.78 is 5.38. The first kappa shape index (κ1) is 14.5. The Hall–Kier alpha value is -0.880. The van der Waals surface area contributed by atoms with Crippen molar-refractivity contribution in [3.8, 4) is 0 Å². The first-order chi connectivity index (χ1) is 8.93. The summed E-state index contributed by atoms with van der Waals surface area (Å²) in [5.74, 6) is 0.443. The maximum atomic E-state index is 6.41. The van der Waals surface area contributed by atoms with Crippen LogP contribution in [0.5, 0.6) is 0 Å². The minimum absolute atomic E-state index is 0.232. The van der Waals surface area contributed by atoms with Gasteiger partial charge in [0.2, 0.25) is 0 Å². The highest BCUT2D eigenvalue weighted by Gasteiger charge is 2.36. The summed E-state index contributed by atoms with van der Waals surface area (Å²) in [6, 6.07) is 1.55. The van der Waals surface area contributed by atoms with Crippen LogP contribution >= 0.6 is 11.6 Å². The maximum Gasteiger partial charge on any atom is 0.128 e. The molecule has 1 aliphatic heterocycles. The van der Waals surface area contributed by atoms with Crippen LogP contribution in [0.1, 0.15) is 25.5 Å². The average molecular weight is 285 g/mol. The summed E-state index contributed by atoms with van der Waals surface area (Å²) in [6.45, 7) is 7.44. The molecular weight excluding hydrogens is 264 g/mol. The Morgan fingerprint density at radius 1 is 1.42 bits per heavy atom. The molecule has 0 radical (unpaired) electrons. The number of nitrogen functional groups attached to an aromatic ring is 1. The van der Waals surface area contributed by atoms with E-state index in [2.05, 4.69) is 23.7 Å². The Labute approximate surface area is 118 Å². The van der Waals surface area contributed by atoms with Gasteiger partial charge >= 0.3 is 0 Å². The summed E-state index contributed by atoms with van der Waals surface area (Å²) in [5.41, 5.74) is 12.9. The minimum atomic E-state index is -0.253. The monoisotopic (exact) mass is 284 g/mol. The lowest BCUT2D eigenvalue weighted by Crippen LogP contribution is -2.55. The van der Waals surface area contributed by atoms with Gasteiger partial charge < -0.3 is 16.2 Å². The number of ether oxygens (including phenoxy) is 1. The fourth-order valence-electron chi connectivity index (χ4n) is 2.43. The molecule has 0 amide bonds. The Morgan fingerprint density at radius 3 is 2.68 bits per heavy atom. The van der Waals surface area contributed by atoms with Crippen LogP contribution in [-0.4, -0.2) is 41.7 Å². The first-order valence-corrected chi connectivity index (χ1v) is 6.80. The molecular formula is C13H21ClN4O. The van der Waals surface area contributed by atoms with Crippen LogP contribution in [0.4, 0.5) is 5.82 Å². The van der Waals surface area contributed by atoms with E-state index in [4.69, 9.17) is 27.8 Å². The van der Waals surface area contributed by atoms with Gasteiger partial charge in [-0.1, -0.05) is 11.6 Å². The number of pyridine rings is 1. The number of hydrogen-bond acceptors (Lipinski definition) is 5. The number of anilines is 1. The second-order valence-electron chi connectivity index (χ2n) is 5.36. The van der Waals surface area contributed by atoms with Crippen molar-refractivity contribution >= 4 is 17.4 Å². The van der Waals surface area contributed by atoms with Gasteiger partial charge in [0.25, 0.3) is 0 Å². The molecule has 6 heteroatoms. The standard InChI is InChI=1S/C13H21ClN4O/c1-13(2,18-3-5-19-6-4-18)11(15)10-7-9(14)8-17-12(10)16/h7-8,11H,3-6,15H2,1-2H3,(H2,16,17). The van der Waals surface area contributed by atoms with Crippen LogP contribution in [0.15, 0.2) is 12.3 Å². The third-order valence-electron chi connectivity index (χ3n) is 3.84. The van der Waals surface area contributed by atoms with Gasteiger partial charge in [0.05, 0.1) is 24.3 Å². The molecule has 5 nitrogen and oxygen atoms in total. The van der Waals surface area contributed by atoms with Crippen molar-refractivity contribution < 1.29 is 4.74 Å². The average Bonchev–Trinajstić information content (AvgIpc) is 2.41. The molecule has 19 heavy (non-hydrogen) atoms. The number of morpholine rings is 1. The van der Waals surface area contributed by atoms with Crippen molar-refractivity contribution in [1.82, 2.24) is 9.88 Å². The molecule has 1 aromatic rings. The lowest BCUT2D eigenvalue weighted by atomic mass is 9.87. The number of rotatable bonds is 3. The highest BCUT2D eigenvalue weighted by Crippen LogP contribution is 2.32. The van der Waals surface area contributed by atoms with E-state index in [1.165, 1.54) is 6.20 Å². The lowest BCUT2D eigenvalue weighted by Gasteiger charge is -2.44. The van der Waals surface area contributed by atoms with Gasteiger partial charge in [0, 0.05) is 30.4 Å². The van der Waals surface area contributed by atoms with Gasteiger partial charge in [0.15, 0.2) is 0 Å². The number of nitrogens with zero attached hydrogens (tertiary/aromatic N) is 2. The molecule has 0 aliphatic carbocycles. The summed E-state index contributed by atoms with van der Waals surface area (Å²) in [5, 5.41) is 0.553. The Kier molecular flexibility index (Phi) is 4.30. The summed E-state index contributed by atoms with van der Waals surface area (Å²) >= 11 is 5.99. The largest absolute Gasteiger partial charge is 0.383 e. The van der Waals surface area contributed by atoms with E-state index in [9.17, 15) is 0 Å². The summed E-state index contributed by atoms with van der Waals surface area (Å²) in [6.07, 6.45) is 1.54. The first-order valence-electron chi connectivity index (χ1n) is 6.42. The van der Waals surface area contributed by atoms with Crippen LogP contribution in [0.3, 0.4) is 0 Å². The van der Waals surface area contributed by atoms with Crippen LogP contribution in [0.25, 0.3) is 0 Å². The zero-order valence-electron chi connectivity index (χ0n) is 11.4. The Balaban J connectivity index is 2.25. The van der Waals surface area contributed by atoms with Gasteiger partial charge in [-0.15, -0.1) is 0 Å². The number of halogens is 1. The van der Waals surface area contributed by atoms with Crippen molar-refractivity contribution in [2.45, 2.75) is 25.4 Å². The molecule has 1 fully saturated rings. The third kappa shape index (κ3) is 3.00. The molecule has 2 heterocycles. The van der Waals surface area contributed by atoms with Gasteiger partial charge in [-0.25, -0.2) is 4.98 Å². The molecule has 1 saturated heterocycles. The van der Waals surface area contributed by atoms with Crippen LogP contribution in [-0.2, 0) is 4.74 Å². The second-order valence-corrected chi connectivity index (χ2v) is 5.80. The lowest BCUT2D eigenvalue weighted by molar-refractivity contribution is -0.0190. The summed E-state index contributed by atoms with van der Waals surface area (Å²) in [7, 11) is 0. The van der Waals surface area contributed by atoms with E-state index in [1.807, 2.05) is 0 Å². The van der Waals surface area contributed by atoms with E-state index in [0.717, 1.165) is 31.9 Å². The van der Waals surface area contributed by atoms with E-state index >= 15 is 0 Å². The molecule has 106 valence electrons. The third-order valence-corrected chi connectivity index (χ3v) is 4.05. The van der Waals surface area contributed by atoms with Gasteiger partial charge in [-0.2, -0.15) is 0 Å². The number of hydrogen-bond donors (Lipinski definition) is 2. The van der Waals surface area contributed by atoms with E-state index in [1.54, 1.807) is 6.07 Å². The van der Waals surface area contributed by atoms with E-state index in [-0.39, 0.29) is 11.6 Å². The molecule has 4 N–H and O–H groups in total. The second kappa shape index (κ2) is 5.63. The molecule has 0 saturated carbocycles. The van der Waals surface area contributed by atoms with Crippen molar-refractivity contribution in [1.29, 1.82) is 0 Å². The summed E-state index contributed by atoms with van der Waals surface area (Å²) in [4.78, 5) is 6.40. The molecule has 0 spiro atoms. The SMILES string of the molecule is CC(C)(C(N)c1cc(Cl)cnc1N)N1CCOCC1. The van der Waals surface area contributed by atoms with Crippen molar-refractivity contribution in [3.63, 3.8) is 0 Å². The zero-order valence-corrected chi connectivity index (χ0v) is 12.2. The van der Waals surface area contributed by atoms with Gasteiger partial charge in [-0.05, 0) is 19.9 Å². The fourth-order valence-corrected chi connectivity index (χ4v) is 2.60. The number of nitrogens with two attached hydrogens (primary N) is 2. The highest BCUT2D eigenvalue weighted by atomic mass is 35.5. The highest BCUT2D eigenvalue weighted by molar-refractivity contribution is 6.30. The minimum Gasteiger partial charge on any atom is -0.383 e. The Morgan fingerprint density at radius 2 is 2.05 bits per heavy atom. The fraction of sp³-hybridized carbons (Fsp3) is 0.615. The topological polar surface area (TPSA) is 77.4 Å². The van der Waals surface area contributed by atoms with Crippen LogP contribution in [0, 0.1) is 0 Å². The zero-order chi connectivity index (χ0) is 14.0. The van der Waals surface area contributed by atoms with E-state index < -0.39 is 0 Å². The predicted octanol–water partition coefficient (Wildman–Crippen LogP) is 1.43. The van der Waals surface area contributed by atoms with Gasteiger partial charge in [-0.3, -0.25) is 4.90 Å². The van der Waals surface area contributed by atoms with Crippen molar-refractivity contribution in [2.24, 2.45) is 5.73 Å². The number of aromatic nitrogens is 1. The van der Waals surface area contributed by atoms with Crippen molar-refractivity contribution in [3.05, 3.63) is 22.8 Å². The maximum absolute atomic E-state index is 6.41. The quantitative estimate of drug-likeness (QED) is 0.878. The van der Waals surface area contributed by atoms with E-state index in [0.29, 0.717) is 10.8 Å². The molecule has 0 bridgehead atoms. The predicted molar refractivity (Wildman–Crippen MR) is 77.1 cm³/mol. The van der Waals surface area contributed by atoms with Gasteiger partial charge in [0.1, 0.15) is 5.82 Å². The Bertz CT molecular complexity index is 446. The smallest absolute Gasteiger partial charge is 0.128 e. The molecule has 1 unspecified atom stereocenters. The molecule has 0 aromatic carbocycles. The van der Waals surface area contributed by atoms with Crippen LogP contribution < -0.4 is 11.5 Å².